The summed E-state index contributed by atoms with van der Waals surface area (Å²) in [7, 11) is 0. The number of benzene rings is 1. The summed E-state index contributed by atoms with van der Waals surface area (Å²) in [6.45, 7) is 2.41. The second-order valence-electron chi connectivity index (χ2n) is 5.93. The molecule has 2 aromatic rings. The molecule has 26 heavy (non-hydrogen) atoms. The number of anilines is 1. The van der Waals surface area contributed by atoms with E-state index in [-0.39, 0.29) is 11.1 Å². The van der Waals surface area contributed by atoms with E-state index < -0.39 is 23.8 Å². The van der Waals surface area contributed by atoms with Crippen LogP contribution in [0.25, 0.3) is 0 Å². The number of amides is 3. The molecule has 0 fully saturated rings. The molecule has 4 rings (SSSR count). The maximum Gasteiger partial charge on any atom is 0.263 e. The van der Waals surface area contributed by atoms with Gasteiger partial charge in [-0.1, -0.05) is 0 Å². The summed E-state index contributed by atoms with van der Waals surface area (Å²) < 4.78 is 10.9. The lowest BCUT2D eigenvalue weighted by molar-refractivity contribution is -0.119. The molecule has 0 aliphatic carbocycles. The summed E-state index contributed by atoms with van der Waals surface area (Å²) in [4.78, 5) is 42.3. The monoisotopic (exact) mass is 353 g/mol. The van der Waals surface area contributed by atoms with Crippen molar-refractivity contribution in [1.29, 1.82) is 0 Å². The van der Waals surface area contributed by atoms with Crippen LogP contribution in [-0.4, -0.2) is 46.9 Å². The van der Waals surface area contributed by atoms with Crippen molar-refractivity contribution >= 4 is 23.4 Å². The summed E-state index contributed by atoms with van der Waals surface area (Å²) >= 11 is 0. The Hall–Kier alpha value is -3.42. The van der Waals surface area contributed by atoms with Gasteiger partial charge in [0.25, 0.3) is 11.8 Å². The van der Waals surface area contributed by atoms with Crippen LogP contribution < -0.4 is 14.8 Å². The number of pyridine rings is 1. The van der Waals surface area contributed by atoms with Gasteiger partial charge >= 0.3 is 0 Å². The highest BCUT2D eigenvalue weighted by atomic mass is 16.6. The topological polar surface area (TPSA) is 97.8 Å². The van der Waals surface area contributed by atoms with Gasteiger partial charge in [0.05, 0.1) is 11.1 Å². The average Bonchev–Trinajstić information content (AvgIpc) is 2.92. The fourth-order valence-corrected chi connectivity index (χ4v) is 2.94. The van der Waals surface area contributed by atoms with Gasteiger partial charge in [-0.15, -0.1) is 0 Å². The zero-order valence-electron chi connectivity index (χ0n) is 13.9. The van der Waals surface area contributed by atoms with Crippen molar-refractivity contribution in [3.8, 4) is 11.5 Å². The maximum absolute atomic E-state index is 12.6. The number of nitrogens with zero attached hydrogens (tertiary/aromatic N) is 2. The Bertz CT molecular complexity index is 892. The highest BCUT2D eigenvalue weighted by Gasteiger charge is 2.41. The molecule has 1 aromatic carbocycles. The van der Waals surface area contributed by atoms with Crippen LogP contribution in [0.2, 0.25) is 0 Å². The van der Waals surface area contributed by atoms with E-state index >= 15 is 0 Å². The number of nitrogens with one attached hydrogen (secondary N) is 1. The summed E-state index contributed by atoms with van der Waals surface area (Å²) in [5, 5.41) is 2.70. The van der Waals surface area contributed by atoms with E-state index in [4.69, 9.17) is 9.47 Å². The van der Waals surface area contributed by atoms with Crippen molar-refractivity contribution in [1.82, 2.24) is 9.88 Å². The van der Waals surface area contributed by atoms with Crippen LogP contribution in [0, 0.1) is 0 Å². The van der Waals surface area contributed by atoms with Gasteiger partial charge in [-0.3, -0.25) is 24.3 Å². The van der Waals surface area contributed by atoms with E-state index in [1.54, 1.807) is 18.2 Å². The van der Waals surface area contributed by atoms with Crippen LogP contribution in [0.3, 0.4) is 0 Å². The van der Waals surface area contributed by atoms with E-state index in [0.717, 1.165) is 4.90 Å². The zero-order valence-corrected chi connectivity index (χ0v) is 13.9. The van der Waals surface area contributed by atoms with Gasteiger partial charge in [0.1, 0.15) is 19.3 Å². The number of hydrogen-bond donors (Lipinski definition) is 1. The van der Waals surface area contributed by atoms with Crippen molar-refractivity contribution in [3.05, 3.63) is 47.8 Å². The van der Waals surface area contributed by atoms with Crippen molar-refractivity contribution in [2.45, 2.75) is 13.0 Å². The third-order valence-electron chi connectivity index (χ3n) is 4.30. The largest absolute Gasteiger partial charge is 0.486 e. The van der Waals surface area contributed by atoms with Crippen LogP contribution in [0.1, 0.15) is 27.6 Å². The molecule has 0 spiro atoms. The van der Waals surface area contributed by atoms with Crippen molar-refractivity contribution in [2.75, 3.05) is 18.5 Å². The fourth-order valence-electron chi connectivity index (χ4n) is 2.94. The number of ether oxygens (including phenoxy) is 2. The molecule has 1 atom stereocenters. The number of fused-ring (bicyclic) bond motifs is 2. The SMILES string of the molecule is CC(C(=O)Nc1ccc2c(c1)OCCO2)N1C(=O)c2ccncc2C1=O. The second kappa shape index (κ2) is 6.14. The maximum atomic E-state index is 12.6. The Morgan fingerprint density at radius 1 is 1.12 bits per heavy atom. The Morgan fingerprint density at radius 2 is 1.85 bits per heavy atom. The molecule has 3 amide bonds. The minimum Gasteiger partial charge on any atom is -0.486 e. The van der Waals surface area contributed by atoms with E-state index in [2.05, 4.69) is 10.3 Å². The van der Waals surface area contributed by atoms with Gasteiger partial charge in [0, 0.05) is 24.1 Å². The molecular weight excluding hydrogens is 338 g/mol. The Morgan fingerprint density at radius 3 is 2.62 bits per heavy atom. The number of imide groups is 1. The standard InChI is InChI=1S/C18H15N3O5/c1-10(21-17(23)12-4-5-19-9-13(12)18(21)24)16(22)20-11-2-3-14-15(8-11)26-7-6-25-14/h2-5,8-10H,6-7H2,1H3,(H,20,22). The van der Waals surface area contributed by atoms with Gasteiger partial charge in [-0.05, 0) is 25.1 Å². The number of rotatable bonds is 3. The Kier molecular flexibility index (Phi) is 3.80. The molecule has 2 aliphatic rings. The molecule has 1 N–H and O–H groups in total. The highest BCUT2D eigenvalue weighted by molar-refractivity contribution is 6.23. The summed E-state index contributed by atoms with van der Waals surface area (Å²) in [6, 6.07) is 5.51. The first kappa shape index (κ1) is 16.1. The van der Waals surface area contributed by atoms with Crippen LogP contribution in [0.5, 0.6) is 11.5 Å². The number of carbonyl (C=O) groups excluding carboxylic acids is 3. The molecule has 0 saturated heterocycles. The smallest absolute Gasteiger partial charge is 0.263 e. The normalized spacial score (nSPS) is 16.3. The van der Waals surface area contributed by atoms with Crippen molar-refractivity contribution in [3.63, 3.8) is 0 Å². The first-order valence-electron chi connectivity index (χ1n) is 8.08. The molecule has 3 heterocycles. The first-order chi connectivity index (χ1) is 12.6. The quantitative estimate of drug-likeness (QED) is 0.840. The molecular formula is C18H15N3O5. The number of hydrogen-bond acceptors (Lipinski definition) is 6. The molecule has 1 unspecified atom stereocenters. The van der Waals surface area contributed by atoms with Gasteiger partial charge in [0.15, 0.2) is 11.5 Å². The minimum atomic E-state index is -0.976. The van der Waals surface area contributed by atoms with Crippen molar-refractivity contribution in [2.24, 2.45) is 0 Å². The van der Waals surface area contributed by atoms with Crippen molar-refractivity contribution < 1.29 is 23.9 Å². The van der Waals surface area contributed by atoms with Crippen LogP contribution in [0.4, 0.5) is 5.69 Å². The Labute approximate surface area is 148 Å². The molecule has 0 bridgehead atoms. The number of carbonyl (C=O) groups is 3. The predicted octanol–water partition coefficient (Wildman–Crippen LogP) is 1.48. The lowest BCUT2D eigenvalue weighted by Crippen LogP contribution is -2.45. The van der Waals surface area contributed by atoms with Gasteiger partial charge in [-0.2, -0.15) is 0 Å². The van der Waals surface area contributed by atoms with Gasteiger partial charge in [0.2, 0.25) is 5.91 Å². The van der Waals surface area contributed by atoms with Crippen LogP contribution >= 0.6 is 0 Å². The molecule has 132 valence electrons. The van der Waals surface area contributed by atoms with Crippen LogP contribution in [0.15, 0.2) is 36.7 Å². The molecule has 0 radical (unpaired) electrons. The molecule has 8 heteroatoms. The lowest BCUT2D eigenvalue weighted by atomic mass is 10.2. The van der Waals surface area contributed by atoms with E-state index in [1.165, 1.54) is 25.4 Å². The first-order valence-corrected chi connectivity index (χ1v) is 8.08. The van der Waals surface area contributed by atoms with E-state index in [0.29, 0.717) is 30.4 Å². The molecule has 2 aliphatic heterocycles. The minimum absolute atomic E-state index is 0.205. The van der Waals surface area contributed by atoms with Gasteiger partial charge in [-0.25, -0.2) is 0 Å². The van der Waals surface area contributed by atoms with E-state index in [1.807, 2.05) is 0 Å². The predicted molar refractivity (Wildman–Crippen MR) is 90.3 cm³/mol. The average molecular weight is 353 g/mol. The van der Waals surface area contributed by atoms with E-state index in [9.17, 15) is 14.4 Å². The summed E-state index contributed by atoms with van der Waals surface area (Å²) in [5.74, 6) is -0.368. The zero-order chi connectivity index (χ0) is 18.3. The third-order valence-corrected chi connectivity index (χ3v) is 4.30. The molecule has 0 saturated carbocycles. The summed E-state index contributed by atoms with van der Waals surface area (Å²) in [6.07, 6.45) is 2.77. The highest BCUT2D eigenvalue weighted by Crippen LogP contribution is 2.33. The molecule has 1 aromatic heterocycles. The molecule has 8 nitrogen and oxygen atoms in total. The van der Waals surface area contributed by atoms with Gasteiger partial charge < -0.3 is 14.8 Å². The summed E-state index contributed by atoms with van der Waals surface area (Å²) in [5.41, 5.74) is 0.949. The third kappa shape index (κ3) is 2.55. The lowest BCUT2D eigenvalue weighted by Gasteiger charge is -2.22. The second-order valence-corrected chi connectivity index (χ2v) is 5.93. The number of aromatic nitrogens is 1. The fraction of sp³-hybridized carbons (Fsp3) is 0.222. The van der Waals surface area contributed by atoms with Crippen LogP contribution in [-0.2, 0) is 4.79 Å². The Balaban J connectivity index is 1.52.